The van der Waals surface area contributed by atoms with E-state index >= 15 is 0 Å². The number of carbonyl (C=O) groups is 1. The van der Waals surface area contributed by atoms with Crippen LogP contribution in [0.1, 0.15) is 15.9 Å². The Morgan fingerprint density at radius 3 is 2.54 bits per heavy atom. The quantitative estimate of drug-likeness (QED) is 0.580. The van der Waals surface area contributed by atoms with Crippen LogP contribution < -0.4 is 5.32 Å². The zero-order chi connectivity index (χ0) is 17.9. The zero-order valence-electron chi connectivity index (χ0n) is 14.1. The number of carbonyl (C=O) groups excluding carboxylic acids is 1. The lowest BCUT2D eigenvalue weighted by Crippen LogP contribution is -2.11. The van der Waals surface area contributed by atoms with Gasteiger partial charge in [-0.05, 0) is 31.2 Å². The Morgan fingerprint density at radius 2 is 1.85 bits per heavy atom. The van der Waals surface area contributed by atoms with Gasteiger partial charge in [-0.1, -0.05) is 29.8 Å². The highest BCUT2D eigenvalue weighted by Gasteiger charge is 2.10. The van der Waals surface area contributed by atoms with E-state index in [1.807, 2.05) is 71.6 Å². The van der Waals surface area contributed by atoms with Crippen molar-refractivity contribution in [2.75, 3.05) is 5.32 Å². The lowest BCUT2D eigenvalue weighted by molar-refractivity contribution is 0.102. The molecular formula is C20H16N4OS. The van der Waals surface area contributed by atoms with E-state index in [1.54, 1.807) is 12.5 Å². The minimum absolute atomic E-state index is 0.152. The fraction of sp³-hybridized carbons (Fsp3) is 0.0500. The second-order valence-corrected chi connectivity index (χ2v) is 6.73. The third-order valence-corrected chi connectivity index (χ3v) is 4.76. The summed E-state index contributed by atoms with van der Waals surface area (Å²) in [5.74, 6) is -0.152. The first-order valence-electron chi connectivity index (χ1n) is 8.11. The Kier molecular flexibility index (Phi) is 4.33. The number of hydrogen-bond acceptors (Lipinski definition) is 4. The molecule has 0 bridgehead atoms. The van der Waals surface area contributed by atoms with Crippen molar-refractivity contribution in [1.82, 2.24) is 14.5 Å². The van der Waals surface area contributed by atoms with Gasteiger partial charge >= 0.3 is 0 Å². The first-order valence-corrected chi connectivity index (χ1v) is 8.99. The molecule has 0 saturated heterocycles. The van der Waals surface area contributed by atoms with E-state index in [0.29, 0.717) is 10.7 Å². The molecule has 1 amide bonds. The standard InChI is InChI=1S/C20H16N4OS/c1-14-2-4-16(5-3-14)19(25)23-20-22-18(12-26-20)15-6-8-17(9-7-15)24-11-10-21-13-24/h2-13H,1H3,(H,22,23,25). The summed E-state index contributed by atoms with van der Waals surface area (Å²) in [6.07, 6.45) is 5.41. The number of hydrogen-bond donors (Lipinski definition) is 1. The molecule has 5 nitrogen and oxygen atoms in total. The van der Waals surface area contributed by atoms with Crippen molar-refractivity contribution in [3.05, 3.63) is 83.8 Å². The topological polar surface area (TPSA) is 59.8 Å². The number of aromatic nitrogens is 3. The predicted molar refractivity (Wildman–Crippen MR) is 104 cm³/mol. The minimum atomic E-state index is -0.152. The lowest BCUT2D eigenvalue weighted by Gasteiger charge is -2.03. The van der Waals surface area contributed by atoms with Crippen LogP contribution in [0.15, 0.2) is 72.6 Å². The summed E-state index contributed by atoms with van der Waals surface area (Å²) in [5, 5.41) is 5.39. The Morgan fingerprint density at radius 1 is 1.08 bits per heavy atom. The van der Waals surface area contributed by atoms with Crippen molar-refractivity contribution in [3.63, 3.8) is 0 Å². The van der Waals surface area contributed by atoms with E-state index in [1.165, 1.54) is 11.3 Å². The Bertz CT molecular complexity index is 1020. The molecule has 2 aromatic heterocycles. The molecule has 0 atom stereocenters. The summed E-state index contributed by atoms with van der Waals surface area (Å²) in [7, 11) is 0. The molecule has 26 heavy (non-hydrogen) atoms. The second-order valence-electron chi connectivity index (χ2n) is 5.87. The van der Waals surface area contributed by atoms with Gasteiger partial charge < -0.3 is 4.57 Å². The van der Waals surface area contributed by atoms with E-state index in [9.17, 15) is 4.79 Å². The minimum Gasteiger partial charge on any atom is -0.306 e. The van der Waals surface area contributed by atoms with Crippen LogP contribution in [0.25, 0.3) is 16.9 Å². The van der Waals surface area contributed by atoms with Crippen LogP contribution in [0.2, 0.25) is 0 Å². The fourth-order valence-electron chi connectivity index (χ4n) is 2.55. The highest BCUT2D eigenvalue weighted by atomic mass is 32.1. The number of thiazole rings is 1. The van der Waals surface area contributed by atoms with Crippen LogP contribution in [-0.2, 0) is 0 Å². The van der Waals surface area contributed by atoms with Crippen LogP contribution >= 0.6 is 11.3 Å². The first-order chi connectivity index (χ1) is 12.7. The monoisotopic (exact) mass is 360 g/mol. The third kappa shape index (κ3) is 3.41. The number of nitrogens with one attached hydrogen (secondary N) is 1. The fourth-order valence-corrected chi connectivity index (χ4v) is 3.27. The average molecular weight is 360 g/mol. The van der Waals surface area contributed by atoms with E-state index in [0.717, 1.165) is 22.5 Å². The molecule has 4 aromatic rings. The third-order valence-electron chi connectivity index (χ3n) is 4.00. The average Bonchev–Trinajstić information content (AvgIpc) is 3.34. The van der Waals surface area contributed by atoms with Gasteiger partial charge in [0, 0.05) is 34.6 Å². The first kappa shape index (κ1) is 16.2. The van der Waals surface area contributed by atoms with Crippen molar-refractivity contribution in [2.24, 2.45) is 0 Å². The summed E-state index contributed by atoms with van der Waals surface area (Å²) in [4.78, 5) is 20.9. The number of rotatable bonds is 4. The maximum Gasteiger partial charge on any atom is 0.257 e. The molecule has 0 aliphatic carbocycles. The second kappa shape index (κ2) is 6.93. The van der Waals surface area contributed by atoms with E-state index in [4.69, 9.17) is 0 Å². The maximum absolute atomic E-state index is 12.3. The molecule has 0 fully saturated rings. The van der Waals surface area contributed by atoms with Crippen LogP contribution in [0.5, 0.6) is 0 Å². The Hall–Kier alpha value is -3.25. The van der Waals surface area contributed by atoms with E-state index < -0.39 is 0 Å². The summed E-state index contributed by atoms with van der Waals surface area (Å²) in [6, 6.07) is 15.5. The van der Waals surface area contributed by atoms with Crippen molar-refractivity contribution in [3.8, 4) is 16.9 Å². The zero-order valence-corrected chi connectivity index (χ0v) is 14.9. The lowest BCUT2D eigenvalue weighted by atomic mass is 10.1. The van der Waals surface area contributed by atoms with Crippen molar-refractivity contribution >= 4 is 22.4 Å². The molecule has 0 radical (unpaired) electrons. The molecule has 0 aliphatic rings. The van der Waals surface area contributed by atoms with Gasteiger partial charge in [0.2, 0.25) is 0 Å². The largest absolute Gasteiger partial charge is 0.306 e. The van der Waals surface area contributed by atoms with Crippen LogP contribution in [0, 0.1) is 6.92 Å². The Labute approximate surface area is 155 Å². The molecule has 0 saturated carbocycles. The van der Waals surface area contributed by atoms with Gasteiger partial charge in [-0.3, -0.25) is 10.1 Å². The summed E-state index contributed by atoms with van der Waals surface area (Å²) in [6.45, 7) is 1.99. The molecule has 6 heteroatoms. The smallest absolute Gasteiger partial charge is 0.257 e. The number of amides is 1. The Balaban J connectivity index is 1.49. The molecule has 0 unspecified atom stereocenters. The number of nitrogens with zero attached hydrogens (tertiary/aromatic N) is 3. The van der Waals surface area contributed by atoms with Crippen molar-refractivity contribution in [1.29, 1.82) is 0 Å². The van der Waals surface area contributed by atoms with Crippen molar-refractivity contribution in [2.45, 2.75) is 6.92 Å². The maximum atomic E-state index is 12.3. The molecule has 2 heterocycles. The number of benzene rings is 2. The number of anilines is 1. The summed E-state index contributed by atoms with van der Waals surface area (Å²) >= 11 is 1.41. The van der Waals surface area contributed by atoms with E-state index in [2.05, 4.69) is 15.3 Å². The molecule has 0 spiro atoms. The van der Waals surface area contributed by atoms with Gasteiger partial charge in [0.25, 0.3) is 5.91 Å². The molecule has 4 rings (SSSR count). The van der Waals surface area contributed by atoms with Crippen molar-refractivity contribution < 1.29 is 4.79 Å². The predicted octanol–water partition coefficient (Wildman–Crippen LogP) is 4.56. The van der Waals surface area contributed by atoms with Gasteiger partial charge in [0.05, 0.1) is 12.0 Å². The molecule has 1 N–H and O–H groups in total. The van der Waals surface area contributed by atoms with Crippen LogP contribution in [0.4, 0.5) is 5.13 Å². The van der Waals surface area contributed by atoms with Crippen LogP contribution in [0.3, 0.4) is 0 Å². The summed E-state index contributed by atoms with van der Waals surface area (Å²) < 4.78 is 1.94. The molecular weight excluding hydrogens is 344 g/mol. The normalized spacial score (nSPS) is 10.7. The highest BCUT2D eigenvalue weighted by Crippen LogP contribution is 2.26. The van der Waals surface area contributed by atoms with Gasteiger partial charge in [-0.2, -0.15) is 0 Å². The molecule has 128 valence electrons. The van der Waals surface area contributed by atoms with Gasteiger partial charge in [-0.25, -0.2) is 9.97 Å². The summed E-state index contributed by atoms with van der Waals surface area (Å²) in [5.41, 5.74) is 4.62. The highest BCUT2D eigenvalue weighted by molar-refractivity contribution is 7.14. The van der Waals surface area contributed by atoms with Gasteiger partial charge in [-0.15, -0.1) is 11.3 Å². The van der Waals surface area contributed by atoms with Crippen LogP contribution in [-0.4, -0.2) is 20.4 Å². The molecule has 2 aromatic carbocycles. The SMILES string of the molecule is Cc1ccc(C(=O)Nc2nc(-c3ccc(-n4ccnc4)cc3)cs2)cc1. The van der Waals surface area contributed by atoms with Gasteiger partial charge in [0.15, 0.2) is 5.13 Å². The van der Waals surface area contributed by atoms with Gasteiger partial charge in [0.1, 0.15) is 0 Å². The number of imidazole rings is 1. The van der Waals surface area contributed by atoms with E-state index in [-0.39, 0.29) is 5.91 Å². The molecule has 0 aliphatic heterocycles. The number of aryl methyl sites for hydroxylation is 1.